The van der Waals surface area contributed by atoms with Gasteiger partial charge in [-0.2, -0.15) is 11.8 Å². The fourth-order valence-electron chi connectivity index (χ4n) is 3.23. The summed E-state index contributed by atoms with van der Waals surface area (Å²) in [7, 11) is 1.71. The lowest BCUT2D eigenvalue weighted by molar-refractivity contribution is 0.0301. The van der Waals surface area contributed by atoms with Gasteiger partial charge in [-0.1, -0.05) is 30.3 Å². The zero-order chi connectivity index (χ0) is 16.3. The van der Waals surface area contributed by atoms with Gasteiger partial charge in [-0.15, -0.1) is 0 Å². The van der Waals surface area contributed by atoms with Crippen LogP contribution in [-0.2, 0) is 0 Å². The van der Waals surface area contributed by atoms with E-state index >= 15 is 0 Å². The number of nitrogens with one attached hydrogen (secondary N) is 1. The Morgan fingerprint density at radius 2 is 1.87 bits per heavy atom. The van der Waals surface area contributed by atoms with Crippen LogP contribution >= 0.6 is 11.8 Å². The predicted molar refractivity (Wildman–Crippen MR) is 98.4 cm³/mol. The van der Waals surface area contributed by atoms with Crippen molar-refractivity contribution >= 4 is 22.5 Å². The van der Waals surface area contributed by atoms with Crippen molar-refractivity contribution in [2.24, 2.45) is 0 Å². The standard InChI is InChI=1S/C19H25NO2S/c1-14(20-13-19(21)9-11-23-12-10-19)15-7-8-18(22-2)17-6-4-3-5-16(15)17/h3-8,14,20-21H,9-13H2,1-2H3. The lowest BCUT2D eigenvalue weighted by atomic mass is 9.95. The molecule has 0 spiro atoms. The molecule has 124 valence electrons. The first-order chi connectivity index (χ1) is 11.1. The molecule has 0 saturated carbocycles. The van der Waals surface area contributed by atoms with Crippen LogP contribution in [0, 0.1) is 0 Å². The molecule has 1 atom stereocenters. The maximum Gasteiger partial charge on any atom is 0.126 e. The van der Waals surface area contributed by atoms with Crippen LogP contribution in [0.3, 0.4) is 0 Å². The summed E-state index contributed by atoms with van der Waals surface area (Å²) in [5, 5.41) is 16.5. The van der Waals surface area contributed by atoms with E-state index in [1.807, 2.05) is 23.9 Å². The van der Waals surface area contributed by atoms with E-state index in [0.717, 1.165) is 35.5 Å². The highest BCUT2D eigenvalue weighted by Gasteiger charge is 2.29. The first-order valence-electron chi connectivity index (χ1n) is 8.22. The van der Waals surface area contributed by atoms with E-state index in [-0.39, 0.29) is 6.04 Å². The average molecular weight is 331 g/mol. The number of rotatable bonds is 5. The summed E-state index contributed by atoms with van der Waals surface area (Å²) in [5.74, 6) is 3.01. The lowest BCUT2D eigenvalue weighted by Gasteiger charge is -2.33. The van der Waals surface area contributed by atoms with E-state index < -0.39 is 5.60 Å². The maximum absolute atomic E-state index is 10.7. The van der Waals surface area contributed by atoms with Crippen LogP contribution in [0.15, 0.2) is 36.4 Å². The number of benzene rings is 2. The molecule has 3 nitrogen and oxygen atoms in total. The fourth-order valence-corrected chi connectivity index (χ4v) is 4.48. The minimum atomic E-state index is -0.554. The summed E-state index contributed by atoms with van der Waals surface area (Å²) in [6.45, 7) is 2.81. The topological polar surface area (TPSA) is 41.5 Å². The van der Waals surface area contributed by atoms with Crippen molar-refractivity contribution in [3.05, 3.63) is 42.0 Å². The summed E-state index contributed by atoms with van der Waals surface area (Å²) in [6.07, 6.45) is 1.75. The van der Waals surface area contributed by atoms with Gasteiger partial charge >= 0.3 is 0 Å². The normalized spacial score (nSPS) is 18.7. The summed E-state index contributed by atoms with van der Waals surface area (Å²) >= 11 is 1.93. The molecule has 1 aliphatic rings. The molecule has 0 amide bonds. The minimum Gasteiger partial charge on any atom is -0.496 e. The highest BCUT2D eigenvalue weighted by atomic mass is 32.2. The highest BCUT2D eigenvalue weighted by Crippen LogP contribution is 2.32. The van der Waals surface area contributed by atoms with Crippen molar-refractivity contribution < 1.29 is 9.84 Å². The molecular formula is C19H25NO2S. The quantitative estimate of drug-likeness (QED) is 0.875. The number of hydrogen-bond acceptors (Lipinski definition) is 4. The zero-order valence-corrected chi connectivity index (χ0v) is 14.7. The van der Waals surface area contributed by atoms with E-state index in [4.69, 9.17) is 4.74 Å². The molecule has 1 heterocycles. The molecule has 3 rings (SSSR count). The Bertz CT molecular complexity index is 667. The van der Waals surface area contributed by atoms with Gasteiger partial charge in [0.1, 0.15) is 5.75 Å². The molecule has 1 unspecified atom stereocenters. The SMILES string of the molecule is COc1ccc(C(C)NCC2(O)CCSCC2)c2ccccc12. The molecule has 2 aromatic rings. The number of ether oxygens (including phenoxy) is 1. The van der Waals surface area contributed by atoms with E-state index in [9.17, 15) is 5.11 Å². The van der Waals surface area contributed by atoms with Crippen molar-refractivity contribution in [2.45, 2.75) is 31.4 Å². The molecule has 0 bridgehead atoms. The molecule has 1 aliphatic heterocycles. The van der Waals surface area contributed by atoms with E-state index in [0.29, 0.717) is 6.54 Å². The molecule has 4 heteroatoms. The van der Waals surface area contributed by atoms with E-state index in [1.54, 1.807) is 7.11 Å². The third-order valence-electron chi connectivity index (χ3n) is 4.77. The molecule has 23 heavy (non-hydrogen) atoms. The Balaban J connectivity index is 1.79. The number of thioether (sulfide) groups is 1. The third kappa shape index (κ3) is 3.65. The van der Waals surface area contributed by atoms with Gasteiger partial charge in [0.05, 0.1) is 12.7 Å². The van der Waals surface area contributed by atoms with Gasteiger partial charge in [0, 0.05) is 18.0 Å². The van der Waals surface area contributed by atoms with Crippen molar-refractivity contribution in [3.63, 3.8) is 0 Å². The number of aliphatic hydroxyl groups is 1. The number of fused-ring (bicyclic) bond motifs is 1. The smallest absolute Gasteiger partial charge is 0.126 e. The molecule has 1 saturated heterocycles. The molecule has 2 N–H and O–H groups in total. The minimum absolute atomic E-state index is 0.185. The zero-order valence-electron chi connectivity index (χ0n) is 13.8. The second-order valence-corrected chi connectivity index (χ2v) is 7.57. The predicted octanol–water partition coefficient (Wildman–Crippen LogP) is 3.76. The van der Waals surface area contributed by atoms with Gasteiger partial charge in [0.25, 0.3) is 0 Å². The number of methoxy groups -OCH3 is 1. The van der Waals surface area contributed by atoms with Gasteiger partial charge in [-0.25, -0.2) is 0 Å². The monoisotopic (exact) mass is 331 g/mol. The van der Waals surface area contributed by atoms with Gasteiger partial charge in [-0.3, -0.25) is 0 Å². The van der Waals surface area contributed by atoms with Crippen LogP contribution in [0.5, 0.6) is 5.75 Å². The van der Waals surface area contributed by atoms with Gasteiger partial charge < -0.3 is 15.2 Å². The summed E-state index contributed by atoms with van der Waals surface area (Å²) in [4.78, 5) is 0. The first-order valence-corrected chi connectivity index (χ1v) is 9.37. The van der Waals surface area contributed by atoms with Crippen molar-refractivity contribution in [1.29, 1.82) is 0 Å². The summed E-state index contributed by atoms with van der Waals surface area (Å²) in [5.41, 5.74) is 0.692. The lowest BCUT2D eigenvalue weighted by Crippen LogP contribution is -2.44. The number of hydrogen-bond donors (Lipinski definition) is 2. The van der Waals surface area contributed by atoms with Gasteiger partial charge in [0.2, 0.25) is 0 Å². The Labute approximate surface area is 142 Å². The van der Waals surface area contributed by atoms with Crippen molar-refractivity contribution in [3.8, 4) is 5.75 Å². The van der Waals surface area contributed by atoms with E-state index in [2.05, 4.69) is 36.5 Å². The Kier molecular flexibility index (Phi) is 5.14. The maximum atomic E-state index is 10.7. The Morgan fingerprint density at radius 1 is 1.17 bits per heavy atom. The molecule has 0 radical (unpaired) electrons. The second-order valence-electron chi connectivity index (χ2n) is 6.34. The van der Waals surface area contributed by atoms with Crippen molar-refractivity contribution in [2.75, 3.05) is 25.2 Å². The van der Waals surface area contributed by atoms with Crippen LogP contribution < -0.4 is 10.1 Å². The molecule has 2 aromatic carbocycles. The average Bonchev–Trinajstić information content (AvgIpc) is 2.59. The first kappa shape index (κ1) is 16.6. The summed E-state index contributed by atoms with van der Waals surface area (Å²) in [6, 6.07) is 12.7. The largest absolute Gasteiger partial charge is 0.496 e. The van der Waals surface area contributed by atoms with Crippen LogP contribution in [0.4, 0.5) is 0 Å². The second kappa shape index (κ2) is 7.12. The Hall–Kier alpha value is -1.23. The highest BCUT2D eigenvalue weighted by molar-refractivity contribution is 7.99. The van der Waals surface area contributed by atoms with Gasteiger partial charge in [0.15, 0.2) is 0 Å². The molecule has 0 aliphatic carbocycles. The van der Waals surface area contributed by atoms with Gasteiger partial charge in [-0.05, 0) is 48.3 Å². The Morgan fingerprint density at radius 3 is 2.57 bits per heavy atom. The van der Waals surface area contributed by atoms with Crippen LogP contribution in [0.1, 0.15) is 31.4 Å². The van der Waals surface area contributed by atoms with Crippen LogP contribution in [-0.4, -0.2) is 35.9 Å². The third-order valence-corrected chi connectivity index (χ3v) is 5.75. The molecular weight excluding hydrogens is 306 g/mol. The summed E-state index contributed by atoms with van der Waals surface area (Å²) < 4.78 is 5.47. The fraction of sp³-hybridized carbons (Fsp3) is 0.474. The van der Waals surface area contributed by atoms with Crippen LogP contribution in [0.25, 0.3) is 10.8 Å². The molecule has 0 aromatic heterocycles. The van der Waals surface area contributed by atoms with Crippen LogP contribution in [0.2, 0.25) is 0 Å². The van der Waals surface area contributed by atoms with Crippen molar-refractivity contribution in [1.82, 2.24) is 5.32 Å². The molecule has 1 fully saturated rings. The van der Waals surface area contributed by atoms with E-state index in [1.165, 1.54) is 10.9 Å².